The van der Waals surface area contributed by atoms with Gasteiger partial charge in [0, 0.05) is 17.2 Å². The first-order chi connectivity index (χ1) is 17.2. The first-order valence-corrected chi connectivity index (χ1v) is 13.2. The summed E-state index contributed by atoms with van der Waals surface area (Å²) in [7, 11) is 0. The summed E-state index contributed by atoms with van der Waals surface area (Å²) in [6, 6.07) is 10.7. The monoisotopic (exact) mass is 494 g/mol. The Morgan fingerprint density at radius 2 is 1.44 bits per heavy atom. The fraction of sp³-hybridized carbons (Fsp3) is 0.484. The van der Waals surface area contributed by atoms with Gasteiger partial charge in [-0.25, -0.2) is 0 Å². The summed E-state index contributed by atoms with van der Waals surface area (Å²) in [6.07, 6.45) is 9.33. The highest BCUT2D eigenvalue weighted by Gasteiger charge is 2.23. The summed E-state index contributed by atoms with van der Waals surface area (Å²) in [6.45, 7) is 13.1. The summed E-state index contributed by atoms with van der Waals surface area (Å²) in [4.78, 5) is 25.0. The smallest absolute Gasteiger partial charge is 0.316 e. The molecule has 2 aromatic rings. The Bertz CT molecular complexity index is 1010. The lowest BCUT2D eigenvalue weighted by Crippen LogP contribution is -2.25. The van der Waals surface area contributed by atoms with Crippen molar-refractivity contribution in [3.63, 3.8) is 0 Å². The summed E-state index contributed by atoms with van der Waals surface area (Å²) in [5.41, 5.74) is 1.90. The number of esters is 1. The van der Waals surface area contributed by atoms with Crippen LogP contribution in [0.15, 0.2) is 42.5 Å². The van der Waals surface area contributed by atoms with Gasteiger partial charge < -0.3 is 14.2 Å². The van der Waals surface area contributed by atoms with E-state index in [1.807, 2.05) is 12.1 Å². The van der Waals surface area contributed by atoms with E-state index in [0.717, 1.165) is 61.2 Å². The van der Waals surface area contributed by atoms with Crippen molar-refractivity contribution in [2.75, 3.05) is 13.2 Å². The molecule has 5 heteroatoms. The molecule has 0 radical (unpaired) electrons. The second-order valence-corrected chi connectivity index (χ2v) is 10.0. The molecule has 0 aliphatic rings. The van der Waals surface area contributed by atoms with Crippen molar-refractivity contribution in [3.8, 4) is 17.2 Å². The zero-order valence-electron chi connectivity index (χ0n) is 22.8. The number of ether oxygens (including phenoxy) is 3. The van der Waals surface area contributed by atoms with E-state index in [2.05, 4.69) is 26.8 Å². The highest BCUT2D eigenvalue weighted by Crippen LogP contribution is 2.32. The minimum Gasteiger partial charge on any atom is -0.493 e. The molecule has 0 spiro atoms. The van der Waals surface area contributed by atoms with Crippen molar-refractivity contribution in [1.82, 2.24) is 0 Å². The van der Waals surface area contributed by atoms with Gasteiger partial charge in [0.1, 0.15) is 17.2 Å². The van der Waals surface area contributed by atoms with Gasteiger partial charge in [-0.2, -0.15) is 0 Å². The average Bonchev–Trinajstić information content (AvgIpc) is 2.84. The summed E-state index contributed by atoms with van der Waals surface area (Å²) < 4.78 is 17.6. The SMILES string of the molecule is CCCCOc1cc(OCCCC)c(CCC)cc1/C=C/C(=O)c1ccc(OC(=O)C(C)(C)C)cc1. The van der Waals surface area contributed by atoms with Gasteiger partial charge in [-0.05, 0) is 88.1 Å². The molecule has 0 amide bonds. The summed E-state index contributed by atoms with van der Waals surface area (Å²) >= 11 is 0. The molecule has 0 atom stereocenters. The highest BCUT2D eigenvalue weighted by molar-refractivity contribution is 6.07. The van der Waals surface area contributed by atoms with Crippen LogP contribution >= 0.6 is 0 Å². The van der Waals surface area contributed by atoms with Gasteiger partial charge >= 0.3 is 5.97 Å². The number of carbonyl (C=O) groups excluding carboxylic acids is 2. The van der Waals surface area contributed by atoms with Crippen LogP contribution in [0.3, 0.4) is 0 Å². The van der Waals surface area contributed by atoms with Crippen molar-refractivity contribution in [1.29, 1.82) is 0 Å². The van der Waals surface area contributed by atoms with Crippen molar-refractivity contribution in [3.05, 3.63) is 59.2 Å². The van der Waals surface area contributed by atoms with Crippen LogP contribution in [0.25, 0.3) is 6.08 Å². The standard InChI is InChI=1S/C31H42O5/c1-7-10-19-34-28-22-29(35-20-11-8-2)25(21-24(28)12-9-3)15-18-27(32)23-13-16-26(17-14-23)36-30(33)31(4,5)6/h13-18,21-22H,7-12,19-20H2,1-6H3/b18-15+. The quantitative estimate of drug-likeness (QED) is 0.0880. The number of allylic oxidation sites excluding steroid dienone is 1. The molecule has 0 unspecified atom stereocenters. The van der Waals surface area contributed by atoms with E-state index < -0.39 is 5.41 Å². The van der Waals surface area contributed by atoms with Gasteiger partial charge in [-0.1, -0.05) is 40.0 Å². The predicted octanol–water partition coefficient (Wildman–Crippen LogP) is 7.84. The minimum atomic E-state index is -0.596. The maximum absolute atomic E-state index is 12.9. The topological polar surface area (TPSA) is 61.8 Å². The van der Waals surface area contributed by atoms with E-state index in [4.69, 9.17) is 14.2 Å². The van der Waals surface area contributed by atoms with Crippen LogP contribution in [0.1, 0.15) is 95.1 Å². The van der Waals surface area contributed by atoms with Crippen molar-refractivity contribution < 1.29 is 23.8 Å². The second kappa shape index (κ2) is 14.5. The normalized spacial score (nSPS) is 11.5. The molecule has 0 aliphatic heterocycles. The zero-order chi connectivity index (χ0) is 26.6. The molecule has 0 bridgehead atoms. The van der Waals surface area contributed by atoms with Crippen LogP contribution in [0, 0.1) is 5.41 Å². The van der Waals surface area contributed by atoms with E-state index in [1.165, 1.54) is 0 Å². The van der Waals surface area contributed by atoms with Crippen molar-refractivity contribution >= 4 is 17.8 Å². The van der Waals surface area contributed by atoms with Crippen LogP contribution in [0.5, 0.6) is 17.2 Å². The lowest BCUT2D eigenvalue weighted by molar-refractivity contribution is -0.143. The second-order valence-electron chi connectivity index (χ2n) is 10.0. The lowest BCUT2D eigenvalue weighted by atomic mass is 9.97. The molecule has 0 saturated heterocycles. The molecule has 0 aliphatic carbocycles. The van der Waals surface area contributed by atoms with Gasteiger partial charge in [0.15, 0.2) is 5.78 Å². The molecule has 5 nitrogen and oxygen atoms in total. The Balaban J connectivity index is 2.25. The molecule has 0 saturated carbocycles. The number of hydrogen-bond acceptors (Lipinski definition) is 5. The van der Waals surface area contributed by atoms with E-state index in [1.54, 1.807) is 51.1 Å². The summed E-state index contributed by atoms with van der Waals surface area (Å²) in [5, 5.41) is 0. The maximum Gasteiger partial charge on any atom is 0.316 e. The van der Waals surface area contributed by atoms with Gasteiger partial charge in [0.25, 0.3) is 0 Å². The predicted molar refractivity (Wildman–Crippen MR) is 146 cm³/mol. The molecule has 0 fully saturated rings. The number of carbonyl (C=O) groups is 2. The van der Waals surface area contributed by atoms with Crippen molar-refractivity contribution in [2.45, 2.75) is 80.1 Å². The molecular weight excluding hydrogens is 452 g/mol. The molecule has 2 aromatic carbocycles. The fourth-order valence-corrected chi connectivity index (χ4v) is 3.34. The Morgan fingerprint density at radius 1 is 0.833 bits per heavy atom. The number of benzene rings is 2. The Labute approximate surface area is 216 Å². The van der Waals surface area contributed by atoms with Gasteiger partial charge in [0.05, 0.1) is 18.6 Å². The average molecular weight is 495 g/mol. The third-order valence-electron chi connectivity index (χ3n) is 5.60. The summed E-state index contributed by atoms with van der Waals surface area (Å²) in [5.74, 6) is 1.56. The molecule has 0 aromatic heterocycles. The number of ketones is 1. The van der Waals surface area contributed by atoms with E-state index in [-0.39, 0.29) is 11.8 Å². The highest BCUT2D eigenvalue weighted by atomic mass is 16.5. The Hall–Kier alpha value is -3.08. The number of aryl methyl sites for hydroxylation is 1. The molecule has 36 heavy (non-hydrogen) atoms. The lowest BCUT2D eigenvalue weighted by Gasteiger charge is -2.16. The zero-order valence-corrected chi connectivity index (χ0v) is 22.8. The van der Waals surface area contributed by atoms with E-state index >= 15 is 0 Å². The number of rotatable bonds is 14. The van der Waals surface area contributed by atoms with Crippen LogP contribution in [0.4, 0.5) is 0 Å². The molecule has 0 N–H and O–H groups in total. The Kier molecular flexibility index (Phi) is 11.7. The first-order valence-electron chi connectivity index (χ1n) is 13.2. The molecule has 196 valence electrons. The third-order valence-corrected chi connectivity index (χ3v) is 5.60. The van der Waals surface area contributed by atoms with Gasteiger partial charge in [0.2, 0.25) is 0 Å². The first kappa shape index (κ1) is 29.2. The van der Waals surface area contributed by atoms with Crippen LogP contribution < -0.4 is 14.2 Å². The van der Waals surface area contributed by atoms with E-state index in [0.29, 0.717) is 24.5 Å². The largest absolute Gasteiger partial charge is 0.493 e. The number of hydrogen-bond donors (Lipinski definition) is 0. The third kappa shape index (κ3) is 9.18. The molecule has 0 heterocycles. The van der Waals surface area contributed by atoms with Crippen molar-refractivity contribution in [2.24, 2.45) is 5.41 Å². The van der Waals surface area contributed by atoms with E-state index in [9.17, 15) is 9.59 Å². The number of unbranched alkanes of at least 4 members (excludes halogenated alkanes) is 2. The molecular formula is C31H42O5. The van der Waals surface area contributed by atoms with Gasteiger partial charge in [-0.3, -0.25) is 9.59 Å². The molecule has 2 rings (SSSR count). The Morgan fingerprint density at radius 3 is 2.00 bits per heavy atom. The fourth-order valence-electron chi connectivity index (χ4n) is 3.34. The van der Waals surface area contributed by atoms with Gasteiger partial charge in [-0.15, -0.1) is 0 Å². The van der Waals surface area contributed by atoms with Crippen LogP contribution in [-0.4, -0.2) is 25.0 Å². The van der Waals surface area contributed by atoms with Crippen LogP contribution in [-0.2, 0) is 11.2 Å². The van der Waals surface area contributed by atoms with Crippen LogP contribution in [0.2, 0.25) is 0 Å². The minimum absolute atomic E-state index is 0.136. The maximum atomic E-state index is 12.9.